The van der Waals surface area contributed by atoms with Gasteiger partial charge in [-0.3, -0.25) is 0 Å². The van der Waals surface area contributed by atoms with Crippen LogP contribution in [0.5, 0.6) is 0 Å². The summed E-state index contributed by atoms with van der Waals surface area (Å²) >= 11 is 1.61. The number of thiazole rings is 1. The Hall–Kier alpha value is -2.08. The van der Waals surface area contributed by atoms with Gasteiger partial charge in [-0.2, -0.15) is 0 Å². The lowest BCUT2D eigenvalue weighted by Gasteiger charge is -2.09. The number of nitrogens with zero attached hydrogens (tertiary/aromatic N) is 1. The van der Waals surface area contributed by atoms with Gasteiger partial charge in [-0.25, -0.2) is 9.78 Å². The molecule has 2 rings (SSSR count). The number of aryl methyl sites for hydroxylation is 1. The molecule has 0 spiro atoms. The van der Waals surface area contributed by atoms with Gasteiger partial charge >= 0.3 is 5.97 Å². The molecule has 0 radical (unpaired) electrons. The molecule has 0 atom stereocenters. The van der Waals surface area contributed by atoms with Crippen LogP contribution >= 0.6 is 11.3 Å². The SMILES string of the molecule is Cc1nc(CCNc2cc(N)ccc2C(=O)O)cs1. The minimum absolute atomic E-state index is 0.226. The van der Waals surface area contributed by atoms with Crippen molar-refractivity contribution in [3.05, 3.63) is 39.8 Å². The second kappa shape index (κ2) is 5.71. The van der Waals surface area contributed by atoms with Crippen molar-refractivity contribution in [1.82, 2.24) is 4.98 Å². The number of hydrogen-bond acceptors (Lipinski definition) is 5. The van der Waals surface area contributed by atoms with Crippen LogP contribution < -0.4 is 11.1 Å². The molecule has 1 aromatic heterocycles. The predicted molar refractivity (Wildman–Crippen MR) is 76.9 cm³/mol. The number of benzene rings is 1. The summed E-state index contributed by atoms with van der Waals surface area (Å²) in [5.74, 6) is -0.966. The van der Waals surface area contributed by atoms with Crippen molar-refractivity contribution in [1.29, 1.82) is 0 Å². The van der Waals surface area contributed by atoms with Gasteiger partial charge in [0.05, 0.1) is 22.0 Å². The molecule has 0 bridgehead atoms. The first-order valence-corrected chi connectivity index (χ1v) is 6.72. The average Bonchev–Trinajstić information content (AvgIpc) is 2.75. The highest BCUT2D eigenvalue weighted by Gasteiger charge is 2.09. The van der Waals surface area contributed by atoms with Crippen LogP contribution in [0.1, 0.15) is 21.1 Å². The Morgan fingerprint density at radius 2 is 2.32 bits per heavy atom. The van der Waals surface area contributed by atoms with Gasteiger partial charge in [-0.15, -0.1) is 11.3 Å². The lowest BCUT2D eigenvalue weighted by molar-refractivity contribution is 0.0698. The van der Waals surface area contributed by atoms with Crippen LogP contribution in [0.2, 0.25) is 0 Å². The summed E-state index contributed by atoms with van der Waals surface area (Å²) in [6.45, 7) is 2.58. The van der Waals surface area contributed by atoms with E-state index in [2.05, 4.69) is 10.3 Å². The maximum absolute atomic E-state index is 11.1. The summed E-state index contributed by atoms with van der Waals surface area (Å²) in [5.41, 5.74) is 7.99. The number of carboxylic acids is 1. The van der Waals surface area contributed by atoms with E-state index in [-0.39, 0.29) is 5.56 Å². The number of carboxylic acid groups (broad SMARTS) is 1. The van der Waals surface area contributed by atoms with Crippen LogP contribution in [0, 0.1) is 6.92 Å². The zero-order chi connectivity index (χ0) is 13.8. The third-order valence-corrected chi connectivity index (χ3v) is 3.46. The van der Waals surface area contributed by atoms with E-state index >= 15 is 0 Å². The first kappa shape index (κ1) is 13.4. The average molecular weight is 277 g/mol. The van der Waals surface area contributed by atoms with Crippen molar-refractivity contribution in [2.24, 2.45) is 0 Å². The van der Waals surface area contributed by atoms with Crippen LogP contribution in [-0.2, 0) is 6.42 Å². The first-order chi connectivity index (χ1) is 9.06. The Morgan fingerprint density at radius 1 is 1.53 bits per heavy atom. The van der Waals surface area contributed by atoms with Crippen LogP contribution in [0.15, 0.2) is 23.6 Å². The molecule has 1 aromatic carbocycles. The third-order valence-electron chi connectivity index (χ3n) is 2.64. The molecule has 0 saturated heterocycles. The van der Waals surface area contributed by atoms with E-state index < -0.39 is 5.97 Å². The maximum atomic E-state index is 11.1. The topological polar surface area (TPSA) is 88.2 Å². The molecule has 1 heterocycles. The van der Waals surface area contributed by atoms with Crippen LogP contribution in [0.25, 0.3) is 0 Å². The molecule has 0 fully saturated rings. The lowest BCUT2D eigenvalue weighted by atomic mass is 10.1. The highest BCUT2D eigenvalue weighted by molar-refractivity contribution is 7.09. The van der Waals surface area contributed by atoms with Crippen molar-refractivity contribution in [3.8, 4) is 0 Å². The number of aromatic nitrogens is 1. The summed E-state index contributed by atoms with van der Waals surface area (Å²) in [4.78, 5) is 15.4. The van der Waals surface area contributed by atoms with Gasteiger partial charge in [0.15, 0.2) is 0 Å². The van der Waals surface area contributed by atoms with Gasteiger partial charge < -0.3 is 16.2 Å². The maximum Gasteiger partial charge on any atom is 0.337 e. The number of hydrogen-bond donors (Lipinski definition) is 3. The first-order valence-electron chi connectivity index (χ1n) is 5.84. The summed E-state index contributed by atoms with van der Waals surface area (Å²) in [6, 6.07) is 4.72. The van der Waals surface area contributed by atoms with E-state index in [4.69, 9.17) is 10.8 Å². The number of nitrogen functional groups attached to an aromatic ring is 1. The number of aromatic carboxylic acids is 1. The predicted octanol–water partition coefficient (Wildman–Crippen LogP) is 2.39. The molecule has 0 aliphatic carbocycles. The smallest absolute Gasteiger partial charge is 0.337 e. The molecule has 19 heavy (non-hydrogen) atoms. The highest BCUT2D eigenvalue weighted by Crippen LogP contribution is 2.19. The van der Waals surface area contributed by atoms with Gasteiger partial charge in [0.2, 0.25) is 0 Å². The van der Waals surface area contributed by atoms with Crippen molar-refractivity contribution in [2.75, 3.05) is 17.6 Å². The van der Waals surface area contributed by atoms with Gasteiger partial charge in [-0.1, -0.05) is 0 Å². The molecule has 6 heteroatoms. The molecule has 100 valence electrons. The Labute approximate surface area is 115 Å². The lowest BCUT2D eigenvalue weighted by Crippen LogP contribution is -2.10. The molecular weight excluding hydrogens is 262 g/mol. The number of rotatable bonds is 5. The number of nitrogens with two attached hydrogens (primary N) is 1. The molecule has 0 unspecified atom stereocenters. The van der Waals surface area contributed by atoms with Gasteiger partial charge in [0, 0.05) is 24.0 Å². The molecule has 4 N–H and O–H groups in total. The quantitative estimate of drug-likeness (QED) is 0.730. The van der Waals surface area contributed by atoms with Crippen molar-refractivity contribution in [2.45, 2.75) is 13.3 Å². The Kier molecular flexibility index (Phi) is 4.01. The number of carbonyl (C=O) groups is 1. The highest BCUT2D eigenvalue weighted by atomic mass is 32.1. The standard InChI is InChI=1S/C13H15N3O2S/c1-8-16-10(7-19-8)4-5-15-12-6-9(14)2-3-11(12)13(17)18/h2-3,6-7,15H,4-5,14H2,1H3,(H,17,18). The zero-order valence-electron chi connectivity index (χ0n) is 10.5. The van der Waals surface area contributed by atoms with E-state index in [1.807, 2.05) is 12.3 Å². The van der Waals surface area contributed by atoms with Crippen LogP contribution in [0.3, 0.4) is 0 Å². The van der Waals surface area contributed by atoms with E-state index in [1.165, 1.54) is 6.07 Å². The summed E-state index contributed by atoms with van der Waals surface area (Å²) < 4.78 is 0. The van der Waals surface area contributed by atoms with E-state index in [9.17, 15) is 4.79 Å². The molecule has 0 saturated carbocycles. The number of nitrogens with one attached hydrogen (secondary N) is 1. The Bertz CT molecular complexity index is 595. The van der Waals surface area contributed by atoms with Crippen molar-refractivity contribution in [3.63, 3.8) is 0 Å². The molecule has 2 aromatic rings. The van der Waals surface area contributed by atoms with Crippen molar-refractivity contribution >= 4 is 28.7 Å². The zero-order valence-corrected chi connectivity index (χ0v) is 11.3. The molecular formula is C13H15N3O2S. The molecule has 5 nitrogen and oxygen atoms in total. The monoisotopic (exact) mass is 277 g/mol. The van der Waals surface area contributed by atoms with Gasteiger partial charge in [0.25, 0.3) is 0 Å². The normalized spacial score (nSPS) is 10.4. The molecule has 0 amide bonds. The molecule has 0 aliphatic heterocycles. The Morgan fingerprint density at radius 3 is 2.95 bits per heavy atom. The van der Waals surface area contributed by atoms with E-state index in [1.54, 1.807) is 23.5 Å². The van der Waals surface area contributed by atoms with Crippen molar-refractivity contribution < 1.29 is 9.90 Å². The van der Waals surface area contributed by atoms with E-state index in [0.717, 1.165) is 17.1 Å². The second-order valence-corrected chi connectivity index (χ2v) is 5.21. The fourth-order valence-corrected chi connectivity index (χ4v) is 2.39. The Balaban J connectivity index is 2.02. The third kappa shape index (κ3) is 3.45. The van der Waals surface area contributed by atoms with E-state index in [0.29, 0.717) is 17.9 Å². The van der Waals surface area contributed by atoms with Gasteiger partial charge in [0.1, 0.15) is 0 Å². The fraction of sp³-hybridized carbons (Fsp3) is 0.231. The van der Waals surface area contributed by atoms with Crippen LogP contribution in [0.4, 0.5) is 11.4 Å². The van der Waals surface area contributed by atoms with Crippen LogP contribution in [-0.4, -0.2) is 22.6 Å². The summed E-state index contributed by atoms with van der Waals surface area (Å²) in [6.07, 6.45) is 0.748. The largest absolute Gasteiger partial charge is 0.478 e. The van der Waals surface area contributed by atoms with Gasteiger partial charge in [-0.05, 0) is 25.1 Å². The second-order valence-electron chi connectivity index (χ2n) is 4.14. The molecule has 0 aliphatic rings. The summed E-state index contributed by atoms with van der Waals surface area (Å²) in [5, 5.41) is 15.2. The minimum atomic E-state index is -0.966. The fourth-order valence-electron chi connectivity index (χ4n) is 1.74. The number of anilines is 2. The summed E-state index contributed by atoms with van der Waals surface area (Å²) in [7, 11) is 0. The minimum Gasteiger partial charge on any atom is -0.478 e.